The van der Waals surface area contributed by atoms with Gasteiger partial charge < -0.3 is 15.0 Å². The molecule has 1 N–H and O–H groups in total. The Morgan fingerprint density at radius 1 is 1.09 bits per heavy atom. The van der Waals surface area contributed by atoms with Crippen LogP contribution in [-0.2, 0) is 0 Å². The molecule has 2 aromatic carbocycles. The van der Waals surface area contributed by atoms with Gasteiger partial charge >= 0.3 is 0 Å². The smallest absolute Gasteiger partial charge is 0.118 e. The van der Waals surface area contributed by atoms with Crippen LogP contribution >= 0.6 is 23.4 Å². The molecule has 1 saturated heterocycles. The molecule has 3 nitrogen and oxygen atoms in total. The maximum absolute atomic E-state index is 6.21. The van der Waals surface area contributed by atoms with E-state index in [1.54, 1.807) is 18.9 Å². The average Bonchev–Trinajstić information content (AvgIpc) is 2.56. The zero-order valence-electron chi connectivity index (χ0n) is 12.5. The minimum Gasteiger partial charge on any atom is -0.497 e. The number of nitrogens with zero attached hydrogens (tertiary/aromatic N) is 1. The van der Waals surface area contributed by atoms with Crippen molar-refractivity contribution in [2.75, 3.05) is 38.2 Å². The van der Waals surface area contributed by atoms with Crippen molar-refractivity contribution in [1.82, 2.24) is 5.32 Å². The summed E-state index contributed by atoms with van der Waals surface area (Å²) in [5.41, 5.74) is 1.26. The second-order valence-electron chi connectivity index (χ2n) is 5.13. The number of halogens is 1. The molecule has 0 aliphatic carbocycles. The maximum Gasteiger partial charge on any atom is 0.118 e. The third kappa shape index (κ3) is 3.69. The van der Waals surface area contributed by atoms with Gasteiger partial charge in [-0.3, -0.25) is 0 Å². The molecule has 0 bridgehead atoms. The summed E-state index contributed by atoms with van der Waals surface area (Å²) >= 11 is 7.94. The topological polar surface area (TPSA) is 24.5 Å². The Hall–Kier alpha value is -1.36. The Morgan fingerprint density at radius 2 is 1.82 bits per heavy atom. The molecule has 0 spiro atoms. The van der Waals surface area contributed by atoms with Crippen molar-refractivity contribution < 1.29 is 4.74 Å². The molecule has 1 aliphatic heterocycles. The molecule has 1 fully saturated rings. The molecular formula is C17H19ClN2OS. The van der Waals surface area contributed by atoms with Crippen molar-refractivity contribution in [1.29, 1.82) is 0 Å². The molecule has 0 amide bonds. The Kier molecular flexibility index (Phi) is 5.13. The number of hydrogen-bond donors (Lipinski definition) is 1. The number of piperazine rings is 1. The fourth-order valence-electron chi connectivity index (χ4n) is 2.51. The lowest BCUT2D eigenvalue weighted by atomic mass is 10.2. The van der Waals surface area contributed by atoms with E-state index in [0.29, 0.717) is 0 Å². The van der Waals surface area contributed by atoms with Crippen LogP contribution in [0.3, 0.4) is 0 Å². The molecule has 5 heteroatoms. The van der Waals surface area contributed by atoms with Gasteiger partial charge in [0.1, 0.15) is 5.75 Å². The molecule has 1 aliphatic rings. The summed E-state index contributed by atoms with van der Waals surface area (Å²) in [6.07, 6.45) is 0. The van der Waals surface area contributed by atoms with Gasteiger partial charge in [-0.15, -0.1) is 0 Å². The summed E-state index contributed by atoms with van der Waals surface area (Å²) in [6.45, 7) is 4.10. The van der Waals surface area contributed by atoms with E-state index in [2.05, 4.69) is 28.4 Å². The van der Waals surface area contributed by atoms with Gasteiger partial charge in [0.15, 0.2) is 0 Å². The fraction of sp³-hybridized carbons (Fsp3) is 0.294. The fourth-order valence-corrected chi connectivity index (χ4v) is 3.76. The summed E-state index contributed by atoms with van der Waals surface area (Å²) in [7, 11) is 1.68. The van der Waals surface area contributed by atoms with Crippen LogP contribution in [0.4, 0.5) is 5.69 Å². The molecule has 0 aromatic heterocycles. The lowest BCUT2D eigenvalue weighted by Crippen LogP contribution is -2.43. The van der Waals surface area contributed by atoms with Crippen molar-refractivity contribution in [2.24, 2.45) is 0 Å². The number of methoxy groups -OCH3 is 1. The first kappa shape index (κ1) is 15.5. The normalized spacial score (nSPS) is 14.9. The van der Waals surface area contributed by atoms with Gasteiger partial charge in [-0.1, -0.05) is 23.4 Å². The Balaban J connectivity index is 1.85. The molecule has 22 heavy (non-hydrogen) atoms. The molecular weight excluding hydrogens is 316 g/mol. The van der Waals surface area contributed by atoms with E-state index in [1.807, 2.05) is 24.3 Å². The van der Waals surface area contributed by atoms with Gasteiger partial charge in [0.25, 0.3) is 0 Å². The lowest BCUT2D eigenvalue weighted by Gasteiger charge is -2.31. The van der Waals surface area contributed by atoms with Crippen molar-refractivity contribution in [3.8, 4) is 5.75 Å². The lowest BCUT2D eigenvalue weighted by molar-refractivity contribution is 0.414. The average molecular weight is 335 g/mol. The van der Waals surface area contributed by atoms with Crippen molar-refractivity contribution in [3.05, 3.63) is 47.5 Å². The van der Waals surface area contributed by atoms with E-state index in [9.17, 15) is 0 Å². The largest absolute Gasteiger partial charge is 0.497 e. The Labute approximate surface area is 140 Å². The second-order valence-corrected chi connectivity index (χ2v) is 6.68. The van der Waals surface area contributed by atoms with Crippen LogP contribution in [0.2, 0.25) is 5.02 Å². The summed E-state index contributed by atoms with van der Waals surface area (Å²) in [5, 5.41) is 4.16. The third-order valence-electron chi connectivity index (χ3n) is 3.67. The molecule has 0 radical (unpaired) electrons. The molecule has 0 saturated carbocycles. The van der Waals surface area contributed by atoms with Gasteiger partial charge in [-0.2, -0.15) is 0 Å². The highest BCUT2D eigenvalue weighted by atomic mass is 35.5. The molecule has 0 unspecified atom stereocenters. The van der Waals surface area contributed by atoms with Gasteiger partial charge in [-0.25, -0.2) is 0 Å². The number of ether oxygens (including phenoxy) is 1. The number of nitrogens with one attached hydrogen (secondary N) is 1. The van der Waals surface area contributed by atoms with Crippen molar-refractivity contribution >= 4 is 29.1 Å². The first-order chi connectivity index (χ1) is 10.8. The Bertz CT molecular complexity index is 627. The highest BCUT2D eigenvalue weighted by Crippen LogP contribution is 2.37. The summed E-state index contributed by atoms with van der Waals surface area (Å²) < 4.78 is 5.21. The minimum absolute atomic E-state index is 0.773. The van der Waals surface area contributed by atoms with Crippen LogP contribution in [0.15, 0.2) is 52.3 Å². The van der Waals surface area contributed by atoms with Crippen molar-refractivity contribution in [2.45, 2.75) is 9.79 Å². The van der Waals surface area contributed by atoms with E-state index in [1.165, 1.54) is 15.5 Å². The van der Waals surface area contributed by atoms with Crippen LogP contribution in [0.5, 0.6) is 5.75 Å². The minimum atomic E-state index is 0.773. The first-order valence-corrected chi connectivity index (χ1v) is 8.53. The molecule has 116 valence electrons. The predicted molar refractivity (Wildman–Crippen MR) is 93.7 cm³/mol. The van der Waals surface area contributed by atoms with Crippen molar-refractivity contribution in [3.63, 3.8) is 0 Å². The molecule has 3 rings (SSSR count). The molecule has 0 atom stereocenters. The van der Waals surface area contributed by atoms with Crippen LogP contribution in [0.1, 0.15) is 0 Å². The highest BCUT2D eigenvalue weighted by molar-refractivity contribution is 7.99. The van der Waals surface area contributed by atoms with Gasteiger partial charge in [-0.05, 0) is 42.5 Å². The standard InChI is InChI=1S/C17H19ClN2OS/c1-21-14-3-5-15(6-4-14)22-17-12-13(18)2-7-16(17)20-10-8-19-9-11-20/h2-7,12,19H,8-11H2,1H3. The van der Waals surface area contributed by atoms with Crippen LogP contribution in [0, 0.1) is 0 Å². The zero-order valence-corrected chi connectivity index (χ0v) is 14.1. The van der Waals surface area contributed by atoms with Crippen LogP contribution < -0.4 is 15.0 Å². The monoisotopic (exact) mass is 334 g/mol. The first-order valence-electron chi connectivity index (χ1n) is 7.33. The van der Waals surface area contributed by atoms with Crippen LogP contribution in [-0.4, -0.2) is 33.3 Å². The molecule has 2 aromatic rings. The Morgan fingerprint density at radius 3 is 2.50 bits per heavy atom. The molecule has 1 heterocycles. The van der Waals surface area contributed by atoms with Crippen LogP contribution in [0.25, 0.3) is 0 Å². The van der Waals surface area contributed by atoms with Gasteiger partial charge in [0, 0.05) is 41.0 Å². The number of hydrogen-bond acceptors (Lipinski definition) is 4. The number of anilines is 1. The number of rotatable bonds is 4. The highest BCUT2D eigenvalue weighted by Gasteiger charge is 2.15. The predicted octanol–water partition coefficient (Wildman–Crippen LogP) is 3.91. The third-order valence-corrected chi connectivity index (χ3v) is 4.96. The quantitative estimate of drug-likeness (QED) is 0.916. The van der Waals surface area contributed by atoms with E-state index >= 15 is 0 Å². The summed E-state index contributed by atoms with van der Waals surface area (Å²) in [4.78, 5) is 4.79. The van der Waals surface area contributed by atoms with Gasteiger partial charge in [0.05, 0.1) is 12.8 Å². The maximum atomic E-state index is 6.21. The zero-order chi connectivity index (χ0) is 15.4. The number of benzene rings is 2. The van der Waals surface area contributed by atoms with E-state index < -0.39 is 0 Å². The SMILES string of the molecule is COc1ccc(Sc2cc(Cl)ccc2N2CCNCC2)cc1. The second kappa shape index (κ2) is 7.27. The summed E-state index contributed by atoms with van der Waals surface area (Å²) in [6, 6.07) is 14.3. The van der Waals surface area contributed by atoms with E-state index in [0.717, 1.165) is 37.0 Å². The van der Waals surface area contributed by atoms with E-state index in [-0.39, 0.29) is 0 Å². The van der Waals surface area contributed by atoms with E-state index in [4.69, 9.17) is 16.3 Å². The van der Waals surface area contributed by atoms with Gasteiger partial charge in [0.2, 0.25) is 0 Å². The summed E-state index contributed by atoms with van der Waals surface area (Å²) in [5.74, 6) is 0.873.